The lowest BCUT2D eigenvalue weighted by Gasteiger charge is -1.96. The molecule has 0 radical (unpaired) electrons. The van der Waals surface area contributed by atoms with Gasteiger partial charge in [-0.2, -0.15) is 0 Å². The van der Waals surface area contributed by atoms with Crippen molar-refractivity contribution in [1.29, 1.82) is 0 Å². The van der Waals surface area contributed by atoms with Crippen molar-refractivity contribution in [1.82, 2.24) is 0 Å². The molecule has 2 N–H and O–H groups in total. The smallest absolute Gasteiger partial charge is 0.217 e. The highest BCUT2D eigenvalue weighted by molar-refractivity contribution is 5.73. The number of carbonyl (C=O) groups excluding carboxylic acids is 1. The summed E-state index contributed by atoms with van der Waals surface area (Å²) < 4.78 is 5.61. The van der Waals surface area contributed by atoms with Gasteiger partial charge in [0.25, 0.3) is 0 Å². The summed E-state index contributed by atoms with van der Waals surface area (Å²) in [6.07, 6.45) is 0.879. The second-order valence-corrected chi connectivity index (χ2v) is 3.60. The Hall–Kier alpha value is -2.03. The van der Waals surface area contributed by atoms with E-state index >= 15 is 0 Å². The molecule has 1 heterocycles. The highest BCUT2D eigenvalue weighted by atomic mass is 16.3. The van der Waals surface area contributed by atoms with E-state index in [2.05, 4.69) is 0 Å². The lowest BCUT2D eigenvalue weighted by Crippen LogP contribution is -2.10. The first kappa shape index (κ1) is 10.5. The van der Waals surface area contributed by atoms with E-state index in [1.54, 1.807) is 0 Å². The molecule has 1 amide bonds. The number of benzene rings is 1. The fraction of sp³-hybridized carbons (Fsp3) is 0.154. The standard InChI is InChI=1S/C13H13NO2/c14-13(15)9-7-11-6-8-12(16-11)10-4-2-1-3-5-10/h1-6,8H,7,9H2,(H2,14,15). The minimum atomic E-state index is -0.308. The highest BCUT2D eigenvalue weighted by Gasteiger charge is 2.05. The average Bonchev–Trinajstić information content (AvgIpc) is 2.76. The molecule has 0 bridgehead atoms. The van der Waals surface area contributed by atoms with Crippen LogP contribution in [0.5, 0.6) is 0 Å². The number of carbonyl (C=O) groups is 1. The summed E-state index contributed by atoms with van der Waals surface area (Å²) in [5.41, 5.74) is 6.11. The van der Waals surface area contributed by atoms with Crippen LogP contribution in [0.1, 0.15) is 12.2 Å². The van der Waals surface area contributed by atoms with Crippen LogP contribution in [0.3, 0.4) is 0 Å². The van der Waals surface area contributed by atoms with Crippen LogP contribution in [-0.2, 0) is 11.2 Å². The second-order valence-electron chi connectivity index (χ2n) is 3.60. The van der Waals surface area contributed by atoms with E-state index in [-0.39, 0.29) is 5.91 Å². The molecular weight excluding hydrogens is 202 g/mol. The number of nitrogens with two attached hydrogens (primary N) is 1. The molecule has 0 spiro atoms. The van der Waals surface area contributed by atoms with E-state index in [0.717, 1.165) is 17.1 Å². The summed E-state index contributed by atoms with van der Waals surface area (Å²) in [5, 5.41) is 0. The van der Waals surface area contributed by atoms with Crippen molar-refractivity contribution in [2.75, 3.05) is 0 Å². The first-order valence-corrected chi connectivity index (χ1v) is 5.18. The first-order valence-electron chi connectivity index (χ1n) is 5.18. The number of amides is 1. The predicted molar refractivity (Wildman–Crippen MR) is 61.7 cm³/mol. The Bertz CT molecular complexity index is 474. The van der Waals surface area contributed by atoms with Crippen molar-refractivity contribution < 1.29 is 9.21 Å². The summed E-state index contributed by atoms with van der Waals surface area (Å²) in [5.74, 6) is 1.30. The van der Waals surface area contributed by atoms with Gasteiger partial charge in [-0.05, 0) is 12.1 Å². The fourth-order valence-corrected chi connectivity index (χ4v) is 1.52. The monoisotopic (exact) mass is 215 g/mol. The first-order chi connectivity index (χ1) is 7.75. The van der Waals surface area contributed by atoms with Crippen molar-refractivity contribution in [3.8, 4) is 11.3 Å². The largest absolute Gasteiger partial charge is 0.461 e. The highest BCUT2D eigenvalue weighted by Crippen LogP contribution is 2.22. The third-order valence-corrected chi connectivity index (χ3v) is 2.34. The van der Waals surface area contributed by atoms with Crippen LogP contribution in [0.25, 0.3) is 11.3 Å². The zero-order valence-electron chi connectivity index (χ0n) is 8.85. The van der Waals surface area contributed by atoms with Gasteiger partial charge in [-0.3, -0.25) is 4.79 Å². The van der Waals surface area contributed by atoms with Gasteiger partial charge in [0.05, 0.1) is 0 Å². The van der Waals surface area contributed by atoms with Crippen LogP contribution < -0.4 is 5.73 Å². The van der Waals surface area contributed by atoms with Crippen LogP contribution in [0.2, 0.25) is 0 Å². The molecule has 3 nitrogen and oxygen atoms in total. The zero-order valence-corrected chi connectivity index (χ0v) is 8.85. The molecule has 0 aliphatic heterocycles. The van der Waals surface area contributed by atoms with Crippen molar-refractivity contribution in [2.24, 2.45) is 5.73 Å². The quantitative estimate of drug-likeness (QED) is 0.851. The maximum Gasteiger partial charge on any atom is 0.217 e. The number of hydrogen-bond acceptors (Lipinski definition) is 2. The molecule has 0 atom stereocenters. The molecule has 1 aromatic carbocycles. The van der Waals surface area contributed by atoms with Crippen LogP contribution >= 0.6 is 0 Å². The van der Waals surface area contributed by atoms with Crippen molar-refractivity contribution in [3.05, 3.63) is 48.2 Å². The summed E-state index contributed by atoms with van der Waals surface area (Å²) in [4.78, 5) is 10.6. The molecular formula is C13H13NO2. The Morgan fingerprint density at radius 3 is 2.56 bits per heavy atom. The van der Waals surface area contributed by atoms with Crippen molar-refractivity contribution >= 4 is 5.91 Å². The van der Waals surface area contributed by atoms with Gasteiger partial charge in [-0.15, -0.1) is 0 Å². The Balaban J connectivity index is 2.11. The van der Waals surface area contributed by atoms with Gasteiger partial charge in [0.2, 0.25) is 5.91 Å². The van der Waals surface area contributed by atoms with Gasteiger partial charge in [0.15, 0.2) is 0 Å². The van der Waals surface area contributed by atoms with Gasteiger partial charge >= 0.3 is 0 Å². The third-order valence-electron chi connectivity index (χ3n) is 2.34. The topological polar surface area (TPSA) is 56.2 Å². The molecule has 16 heavy (non-hydrogen) atoms. The minimum absolute atomic E-state index is 0.308. The molecule has 1 aromatic heterocycles. The normalized spacial score (nSPS) is 10.2. The van der Waals surface area contributed by atoms with Crippen LogP contribution in [0.15, 0.2) is 46.9 Å². The summed E-state index contributed by atoms with van der Waals surface area (Å²) in [6.45, 7) is 0. The SMILES string of the molecule is NC(=O)CCc1ccc(-c2ccccc2)o1. The van der Waals surface area contributed by atoms with Gasteiger partial charge in [0.1, 0.15) is 11.5 Å². The molecule has 2 aromatic rings. The van der Waals surface area contributed by atoms with Crippen molar-refractivity contribution in [2.45, 2.75) is 12.8 Å². The van der Waals surface area contributed by atoms with Gasteiger partial charge in [-0.25, -0.2) is 0 Å². The molecule has 2 rings (SSSR count). The Morgan fingerprint density at radius 2 is 1.88 bits per heavy atom. The van der Waals surface area contributed by atoms with Crippen LogP contribution in [0, 0.1) is 0 Å². The van der Waals surface area contributed by atoms with Crippen molar-refractivity contribution in [3.63, 3.8) is 0 Å². The van der Waals surface area contributed by atoms with E-state index in [0.29, 0.717) is 12.8 Å². The molecule has 0 unspecified atom stereocenters. The molecule has 0 fully saturated rings. The van der Waals surface area contributed by atoms with Gasteiger partial charge < -0.3 is 10.2 Å². The van der Waals surface area contributed by atoms with E-state index in [1.807, 2.05) is 42.5 Å². The Labute approximate surface area is 93.9 Å². The van der Waals surface area contributed by atoms with Crippen LogP contribution in [-0.4, -0.2) is 5.91 Å². The van der Waals surface area contributed by atoms with E-state index in [1.165, 1.54) is 0 Å². The average molecular weight is 215 g/mol. The summed E-state index contributed by atoms with van der Waals surface area (Å²) >= 11 is 0. The third kappa shape index (κ3) is 2.51. The summed E-state index contributed by atoms with van der Waals surface area (Å²) in [6, 6.07) is 13.6. The Morgan fingerprint density at radius 1 is 1.12 bits per heavy atom. The van der Waals surface area contributed by atoms with Gasteiger partial charge in [0, 0.05) is 18.4 Å². The lowest BCUT2D eigenvalue weighted by molar-refractivity contribution is -0.118. The maximum absolute atomic E-state index is 10.6. The zero-order chi connectivity index (χ0) is 11.4. The minimum Gasteiger partial charge on any atom is -0.461 e. The molecule has 0 saturated heterocycles. The second kappa shape index (κ2) is 4.66. The molecule has 3 heteroatoms. The lowest BCUT2D eigenvalue weighted by atomic mass is 10.2. The number of primary amides is 1. The molecule has 0 aliphatic rings. The van der Waals surface area contributed by atoms with Crippen LogP contribution in [0.4, 0.5) is 0 Å². The van der Waals surface area contributed by atoms with Gasteiger partial charge in [-0.1, -0.05) is 30.3 Å². The number of furan rings is 1. The molecule has 0 saturated carbocycles. The molecule has 0 aliphatic carbocycles. The number of hydrogen-bond donors (Lipinski definition) is 1. The summed E-state index contributed by atoms with van der Waals surface area (Å²) in [7, 11) is 0. The van der Waals surface area contributed by atoms with E-state index in [9.17, 15) is 4.79 Å². The number of aryl methyl sites for hydroxylation is 1. The molecule has 82 valence electrons. The maximum atomic E-state index is 10.6. The Kier molecular flexibility index (Phi) is 3.05. The predicted octanol–water partition coefficient (Wildman–Crippen LogP) is 2.36. The van der Waals surface area contributed by atoms with E-state index in [4.69, 9.17) is 10.2 Å². The fourth-order valence-electron chi connectivity index (χ4n) is 1.52. The van der Waals surface area contributed by atoms with E-state index < -0.39 is 0 Å². The number of rotatable bonds is 4.